The Hall–Kier alpha value is -2.40. The molecule has 0 radical (unpaired) electrons. The zero-order chi connectivity index (χ0) is 17.5. The van der Waals surface area contributed by atoms with Crippen LogP contribution in [0.4, 0.5) is 10.1 Å². The Morgan fingerprint density at radius 1 is 1.17 bits per heavy atom. The number of ether oxygens (including phenoxy) is 1. The van der Waals surface area contributed by atoms with Crippen LogP contribution in [0.15, 0.2) is 48.5 Å². The van der Waals surface area contributed by atoms with E-state index in [1.807, 2.05) is 44.2 Å². The summed E-state index contributed by atoms with van der Waals surface area (Å²) in [5.74, 6) is -0.541. The molecule has 4 nitrogen and oxygen atoms in total. The molecule has 0 aromatic heterocycles. The molecule has 0 heterocycles. The molecule has 2 aromatic carbocycles. The number of halogens is 1. The number of benzene rings is 2. The first-order valence-electron chi connectivity index (χ1n) is 8.04. The molecule has 0 aliphatic rings. The smallest absolute Gasteiger partial charge is 0.246 e. The van der Waals surface area contributed by atoms with Crippen molar-refractivity contribution >= 4 is 11.6 Å². The summed E-state index contributed by atoms with van der Waals surface area (Å²) < 4.78 is 18.7. The Kier molecular flexibility index (Phi) is 6.32. The van der Waals surface area contributed by atoms with Crippen LogP contribution in [0.5, 0.6) is 5.75 Å². The number of hydrogen-bond acceptors (Lipinski definition) is 3. The Balaban J connectivity index is 2.26. The van der Waals surface area contributed by atoms with Crippen LogP contribution in [0.1, 0.15) is 25.5 Å². The van der Waals surface area contributed by atoms with Crippen molar-refractivity contribution < 1.29 is 13.9 Å². The van der Waals surface area contributed by atoms with E-state index in [0.29, 0.717) is 5.69 Å². The molecule has 0 fully saturated rings. The molecule has 0 bridgehead atoms. The standard InChI is InChI=1S/C19H23FN2O2/c1-4-22(5-2)18(14-9-7-6-8-10-14)19(23)21-15-11-12-17(24-3)16(20)13-15/h6-13,18H,4-5H2,1-3H3,(H,21,23). The number of carbonyl (C=O) groups is 1. The normalized spacial score (nSPS) is 12.0. The van der Waals surface area contributed by atoms with E-state index in [-0.39, 0.29) is 11.7 Å². The summed E-state index contributed by atoms with van der Waals surface area (Å²) in [6.45, 7) is 5.50. The quantitative estimate of drug-likeness (QED) is 0.838. The van der Waals surface area contributed by atoms with Crippen LogP contribution < -0.4 is 10.1 Å². The van der Waals surface area contributed by atoms with Gasteiger partial charge in [0.1, 0.15) is 6.04 Å². The molecule has 0 saturated carbocycles. The highest BCUT2D eigenvalue weighted by atomic mass is 19.1. The van der Waals surface area contributed by atoms with Gasteiger partial charge in [-0.15, -0.1) is 0 Å². The van der Waals surface area contributed by atoms with Crippen LogP contribution in [-0.2, 0) is 4.79 Å². The van der Waals surface area contributed by atoms with E-state index in [1.165, 1.54) is 19.2 Å². The van der Waals surface area contributed by atoms with Gasteiger partial charge in [-0.05, 0) is 30.8 Å². The van der Waals surface area contributed by atoms with Crippen LogP contribution >= 0.6 is 0 Å². The van der Waals surface area contributed by atoms with E-state index in [2.05, 4.69) is 10.2 Å². The number of likely N-dealkylation sites (N-methyl/N-ethyl adjacent to an activating group) is 1. The Labute approximate surface area is 142 Å². The second-order valence-electron chi connectivity index (χ2n) is 5.37. The average Bonchev–Trinajstić information content (AvgIpc) is 2.60. The lowest BCUT2D eigenvalue weighted by molar-refractivity contribution is -0.121. The van der Waals surface area contributed by atoms with Crippen LogP contribution in [0.2, 0.25) is 0 Å². The first-order chi connectivity index (χ1) is 11.6. The minimum absolute atomic E-state index is 0.149. The van der Waals surface area contributed by atoms with E-state index in [0.717, 1.165) is 18.7 Å². The van der Waals surface area contributed by atoms with Crippen molar-refractivity contribution in [2.24, 2.45) is 0 Å². The van der Waals surface area contributed by atoms with Crippen molar-refractivity contribution in [3.63, 3.8) is 0 Å². The van der Waals surface area contributed by atoms with Gasteiger partial charge in [-0.2, -0.15) is 0 Å². The summed E-state index contributed by atoms with van der Waals surface area (Å²) in [4.78, 5) is 14.9. The number of methoxy groups -OCH3 is 1. The van der Waals surface area contributed by atoms with Gasteiger partial charge in [0.15, 0.2) is 11.6 Å². The molecule has 1 N–H and O–H groups in total. The highest BCUT2D eigenvalue weighted by Gasteiger charge is 2.26. The predicted octanol–water partition coefficient (Wildman–Crippen LogP) is 3.86. The van der Waals surface area contributed by atoms with Gasteiger partial charge in [0, 0.05) is 11.8 Å². The molecule has 1 atom stereocenters. The van der Waals surface area contributed by atoms with Crippen molar-refractivity contribution in [2.75, 3.05) is 25.5 Å². The predicted molar refractivity (Wildman–Crippen MR) is 93.7 cm³/mol. The second kappa shape index (κ2) is 8.45. The summed E-state index contributed by atoms with van der Waals surface area (Å²) >= 11 is 0. The minimum Gasteiger partial charge on any atom is -0.494 e. The zero-order valence-corrected chi connectivity index (χ0v) is 14.3. The average molecular weight is 330 g/mol. The van der Waals surface area contributed by atoms with E-state index < -0.39 is 11.9 Å². The van der Waals surface area contributed by atoms with Gasteiger partial charge < -0.3 is 10.1 Å². The maximum Gasteiger partial charge on any atom is 0.246 e. The summed E-state index contributed by atoms with van der Waals surface area (Å²) in [6.07, 6.45) is 0. The number of carbonyl (C=O) groups excluding carboxylic acids is 1. The first-order valence-corrected chi connectivity index (χ1v) is 8.04. The number of amides is 1. The van der Waals surface area contributed by atoms with Gasteiger partial charge in [-0.1, -0.05) is 44.2 Å². The molecule has 0 saturated heterocycles. The minimum atomic E-state index is -0.505. The Morgan fingerprint density at radius 3 is 2.38 bits per heavy atom. The summed E-state index contributed by atoms with van der Waals surface area (Å²) in [7, 11) is 1.41. The lowest BCUT2D eigenvalue weighted by Gasteiger charge is -2.29. The van der Waals surface area contributed by atoms with Crippen LogP contribution in [0.25, 0.3) is 0 Å². The molecule has 24 heavy (non-hydrogen) atoms. The van der Waals surface area contributed by atoms with Gasteiger partial charge in [0.2, 0.25) is 5.91 Å². The van der Waals surface area contributed by atoms with Crippen molar-refractivity contribution in [1.82, 2.24) is 4.90 Å². The van der Waals surface area contributed by atoms with Crippen LogP contribution in [0, 0.1) is 5.82 Å². The van der Waals surface area contributed by atoms with Gasteiger partial charge in [-0.3, -0.25) is 9.69 Å². The lowest BCUT2D eigenvalue weighted by atomic mass is 10.0. The lowest BCUT2D eigenvalue weighted by Crippen LogP contribution is -2.37. The highest BCUT2D eigenvalue weighted by molar-refractivity contribution is 5.95. The molecule has 128 valence electrons. The number of nitrogens with zero attached hydrogens (tertiary/aromatic N) is 1. The highest BCUT2D eigenvalue weighted by Crippen LogP contribution is 2.25. The van der Waals surface area contributed by atoms with E-state index in [1.54, 1.807) is 6.07 Å². The Bertz CT molecular complexity index is 672. The fourth-order valence-electron chi connectivity index (χ4n) is 2.71. The summed E-state index contributed by atoms with van der Waals surface area (Å²) in [6, 6.07) is 13.6. The largest absolute Gasteiger partial charge is 0.494 e. The molecule has 0 aliphatic heterocycles. The zero-order valence-electron chi connectivity index (χ0n) is 14.3. The van der Waals surface area contributed by atoms with Gasteiger partial charge in [-0.25, -0.2) is 4.39 Å². The fraction of sp³-hybridized carbons (Fsp3) is 0.316. The van der Waals surface area contributed by atoms with Gasteiger partial charge in [0.25, 0.3) is 0 Å². The molecule has 1 unspecified atom stereocenters. The maximum absolute atomic E-state index is 13.8. The molecule has 1 amide bonds. The van der Waals surface area contributed by atoms with E-state index in [9.17, 15) is 9.18 Å². The number of nitrogens with one attached hydrogen (secondary N) is 1. The second-order valence-corrected chi connectivity index (χ2v) is 5.37. The van der Waals surface area contributed by atoms with E-state index in [4.69, 9.17) is 4.74 Å². The number of rotatable bonds is 7. The summed E-state index contributed by atoms with van der Waals surface area (Å²) in [5, 5.41) is 2.81. The molecule has 5 heteroatoms. The third-order valence-corrected chi connectivity index (χ3v) is 3.96. The molecule has 0 spiro atoms. The van der Waals surface area contributed by atoms with Crippen molar-refractivity contribution in [1.29, 1.82) is 0 Å². The van der Waals surface area contributed by atoms with Gasteiger partial charge >= 0.3 is 0 Å². The molecular weight excluding hydrogens is 307 g/mol. The summed E-state index contributed by atoms with van der Waals surface area (Å²) in [5.41, 5.74) is 1.32. The van der Waals surface area contributed by atoms with Crippen LogP contribution in [0.3, 0.4) is 0 Å². The maximum atomic E-state index is 13.8. The topological polar surface area (TPSA) is 41.6 Å². The monoisotopic (exact) mass is 330 g/mol. The third-order valence-electron chi connectivity index (χ3n) is 3.96. The number of hydrogen-bond donors (Lipinski definition) is 1. The molecule has 0 aliphatic carbocycles. The van der Waals surface area contributed by atoms with Crippen molar-refractivity contribution in [2.45, 2.75) is 19.9 Å². The fourth-order valence-corrected chi connectivity index (χ4v) is 2.71. The SMILES string of the molecule is CCN(CC)C(C(=O)Nc1ccc(OC)c(F)c1)c1ccccc1. The third kappa shape index (κ3) is 4.11. The first kappa shape index (κ1) is 17.9. The molecule has 2 aromatic rings. The van der Waals surface area contributed by atoms with E-state index >= 15 is 0 Å². The van der Waals surface area contributed by atoms with Crippen molar-refractivity contribution in [3.05, 3.63) is 59.9 Å². The van der Waals surface area contributed by atoms with Crippen molar-refractivity contribution in [3.8, 4) is 5.75 Å². The van der Waals surface area contributed by atoms with Crippen LogP contribution in [-0.4, -0.2) is 31.0 Å². The number of anilines is 1. The molecule has 2 rings (SSSR count). The molecular formula is C19H23FN2O2. The Morgan fingerprint density at radius 2 is 1.83 bits per heavy atom. The van der Waals surface area contributed by atoms with Gasteiger partial charge in [0.05, 0.1) is 7.11 Å².